The summed E-state index contributed by atoms with van der Waals surface area (Å²) in [5.74, 6) is -0.821. The average molecular weight is 424 g/mol. The van der Waals surface area contributed by atoms with Gasteiger partial charge in [0.15, 0.2) is 6.61 Å². The second-order valence-electron chi connectivity index (χ2n) is 6.87. The minimum Gasteiger partial charge on any atom is -0.456 e. The molecule has 2 N–H and O–H groups in total. The molecule has 3 rings (SSSR count). The van der Waals surface area contributed by atoms with E-state index in [-0.39, 0.29) is 23.4 Å². The molecule has 0 spiro atoms. The Bertz CT molecular complexity index is 1200. The van der Waals surface area contributed by atoms with Crippen molar-refractivity contribution in [2.24, 2.45) is 0 Å². The number of nitrogens with zero attached hydrogens (tertiary/aromatic N) is 2. The molecule has 10 heteroatoms. The predicted octanol–water partition coefficient (Wildman–Crippen LogP) is 2.64. The molecule has 0 saturated heterocycles. The number of carbonyl (C=O) groups is 2. The first-order chi connectivity index (χ1) is 14.8. The van der Waals surface area contributed by atoms with Crippen LogP contribution in [0.5, 0.6) is 0 Å². The molecule has 0 aliphatic heterocycles. The number of hydrogen-bond donors (Lipinski definition) is 2. The van der Waals surface area contributed by atoms with E-state index in [4.69, 9.17) is 4.74 Å². The van der Waals surface area contributed by atoms with E-state index < -0.39 is 23.4 Å². The third-order valence-electron chi connectivity index (χ3n) is 4.44. The van der Waals surface area contributed by atoms with E-state index in [9.17, 15) is 24.5 Å². The zero-order chi connectivity index (χ0) is 22.4. The van der Waals surface area contributed by atoms with E-state index in [2.05, 4.69) is 15.3 Å². The van der Waals surface area contributed by atoms with Crippen molar-refractivity contribution in [1.29, 1.82) is 0 Å². The van der Waals surface area contributed by atoms with Gasteiger partial charge in [-0.05, 0) is 37.1 Å². The van der Waals surface area contributed by atoms with Gasteiger partial charge in [0.05, 0.1) is 15.8 Å². The largest absolute Gasteiger partial charge is 0.456 e. The number of amides is 1. The molecule has 31 heavy (non-hydrogen) atoms. The van der Waals surface area contributed by atoms with Crippen molar-refractivity contribution in [2.45, 2.75) is 26.2 Å². The second-order valence-corrected chi connectivity index (χ2v) is 6.87. The van der Waals surface area contributed by atoms with Gasteiger partial charge < -0.3 is 15.0 Å². The van der Waals surface area contributed by atoms with Crippen molar-refractivity contribution in [2.75, 3.05) is 11.9 Å². The lowest BCUT2D eigenvalue weighted by Gasteiger charge is -2.08. The number of para-hydroxylation sites is 1. The summed E-state index contributed by atoms with van der Waals surface area (Å²) in [5.41, 5.74) is 0.800. The van der Waals surface area contributed by atoms with Crippen LogP contribution in [-0.2, 0) is 20.7 Å². The highest BCUT2D eigenvalue weighted by Gasteiger charge is 2.17. The number of ether oxygens (including phenoxy) is 1. The summed E-state index contributed by atoms with van der Waals surface area (Å²) in [4.78, 5) is 53.4. The van der Waals surface area contributed by atoms with E-state index in [1.165, 1.54) is 12.1 Å². The number of esters is 1. The molecule has 0 saturated carbocycles. The Morgan fingerprint density at radius 3 is 2.77 bits per heavy atom. The zero-order valence-electron chi connectivity index (χ0n) is 16.7. The molecule has 160 valence electrons. The Kier molecular flexibility index (Phi) is 6.71. The number of rotatable bonds is 8. The molecular formula is C21H20N4O6. The summed E-state index contributed by atoms with van der Waals surface area (Å²) < 4.78 is 4.92. The van der Waals surface area contributed by atoms with Crippen molar-refractivity contribution in [3.63, 3.8) is 0 Å². The Morgan fingerprint density at radius 1 is 1.23 bits per heavy atom. The Morgan fingerprint density at radius 2 is 2.00 bits per heavy atom. The smallest absolute Gasteiger partial charge is 0.306 e. The number of anilines is 1. The number of carbonyl (C=O) groups excluding carboxylic acids is 2. The van der Waals surface area contributed by atoms with E-state index in [0.29, 0.717) is 35.1 Å². The highest BCUT2D eigenvalue weighted by Crippen LogP contribution is 2.25. The molecule has 1 aromatic heterocycles. The molecule has 0 aliphatic carbocycles. The SMILES string of the molecule is Cc1ccc(NC(=O)COC(=O)CCCc2nc3ccccc3c(=O)[nH]2)c([N+](=O)[O-])c1. The van der Waals surface area contributed by atoms with E-state index in [0.717, 1.165) is 0 Å². The van der Waals surface area contributed by atoms with Crippen LogP contribution in [0, 0.1) is 17.0 Å². The van der Waals surface area contributed by atoms with Gasteiger partial charge in [-0.1, -0.05) is 18.2 Å². The fourth-order valence-corrected chi connectivity index (χ4v) is 2.96. The molecular weight excluding hydrogens is 404 g/mol. The molecule has 0 radical (unpaired) electrons. The standard InChI is InChI=1S/C21H20N4O6/c1-13-9-10-16(17(11-13)25(29)30)23-19(26)12-31-20(27)8-4-7-18-22-15-6-3-2-5-14(15)21(28)24-18/h2-3,5-6,9-11H,4,7-8,12H2,1H3,(H,23,26)(H,22,24,28). The first-order valence-corrected chi connectivity index (χ1v) is 9.52. The summed E-state index contributed by atoms with van der Waals surface area (Å²) in [6.07, 6.45) is 0.747. The van der Waals surface area contributed by atoms with Gasteiger partial charge in [0.1, 0.15) is 11.5 Å². The van der Waals surface area contributed by atoms with Crippen molar-refractivity contribution in [1.82, 2.24) is 9.97 Å². The topological polar surface area (TPSA) is 144 Å². The number of fused-ring (bicyclic) bond motifs is 1. The molecule has 0 bridgehead atoms. The fourth-order valence-electron chi connectivity index (χ4n) is 2.96. The lowest BCUT2D eigenvalue weighted by atomic mass is 10.2. The predicted molar refractivity (Wildman–Crippen MR) is 113 cm³/mol. The molecule has 0 fully saturated rings. The first-order valence-electron chi connectivity index (χ1n) is 9.52. The van der Waals surface area contributed by atoms with Crippen LogP contribution >= 0.6 is 0 Å². The Hall–Kier alpha value is -4.08. The molecule has 2 aromatic carbocycles. The van der Waals surface area contributed by atoms with E-state index in [1.807, 2.05) is 0 Å². The zero-order valence-corrected chi connectivity index (χ0v) is 16.7. The highest BCUT2D eigenvalue weighted by molar-refractivity contribution is 5.94. The summed E-state index contributed by atoms with van der Waals surface area (Å²) in [7, 11) is 0. The van der Waals surface area contributed by atoms with Gasteiger partial charge >= 0.3 is 5.97 Å². The minimum atomic E-state index is -0.680. The van der Waals surface area contributed by atoms with Crippen LogP contribution in [0.15, 0.2) is 47.3 Å². The van der Waals surface area contributed by atoms with E-state index >= 15 is 0 Å². The number of aromatic amines is 1. The monoisotopic (exact) mass is 424 g/mol. The van der Waals surface area contributed by atoms with Gasteiger partial charge in [-0.3, -0.25) is 24.5 Å². The molecule has 0 atom stereocenters. The highest BCUT2D eigenvalue weighted by atomic mass is 16.6. The maximum Gasteiger partial charge on any atom is 0.306 e. The van der Waals surface area contributed by atoms with Crippen LogP contribution < -0.4 is 10.9 Å². The lowest BCUT2D eigenvalue weighted by molar-refractivity contribution is -0.384. The maximum absolute atomic E-state index is 12.0. The summed E-state index contributed by atoms with van der Waals surface area (Å²) >= 11 is 0. The van der Waals surface area contributed by atoms with Crippen LogP contribution in [0.25, 0.3) is 10.9 Å². The molecule has 1 amide bonds. The normalized spacial score (nSPS) is 10.6. The fraction of sp³-hybridized carbons (Fsp3) is 0.238. The van der Waals surface area contributed by atoms with Crippen molar-refractivity contribution in [3.8, 4) is 0 Å². The number of nitro groups is 1. The van der Waals surface area contributed by atoms with Crippen LogP contribution in [0.4, 0.5) is 11.4 Å². The summed E-state index contributed by atoms with van der Waals surface area (Å²) in [5, 5.41) is 14.0. The number of benzene rings is 2. The molecule has 0 unspecified atom stereocenters. The molecule has 1 heterocycles. The third kappa shape index (κ3) is 5.72. The molecule has 3 aromatic rings. The van der Waals surface area contributed by atoms with Gasteiger partial charge in [0, 0.05) is 18.9 Å². The number of aryl methyl sites for hydroxylation is 2. The Balaban J connectivity index is 1.47. The quantitative estimate of drug-likeness (QED) is 0.321. The van der Waals surface area contributed by atoms with Crippen LogP contribution in [0.3, 0.4) is 0 Å². The number of hydrogen-bond acceptors (Lipinski definition) is 7. The minimum absolute atomic E-state index is 0.0223. The van der Waals surface area contributed by atoms with Gasteiger partial charge in [-0.25, -0.2) is 4.98 Å². The number of nitrogens with one attached hydrogen (secondary N) is 2. The summed E-state index contributed by atoms with van der Waals surface area (Å²) in [6.45, 7) is 1.14. The number of nitro benzene ring substituents is 1. The third-order valence-corrected chi connectivity index (χ3v) is 4.44. The number of H-pyrrole nitrogens is 1. The lowest BCUT2D eigenvalue weighted by Crippen LogP contribution is -2.21. The van der Waals surface area contributed by atoms with Gasteiger partial charge in [0.25, 0.3) is 17.2 Å². The van der Waals surface area contributed by atoms with Crippen LogP contribution in [0.2, 0.25) is 0 Å². The Labute approximate surface area is 176 Å². The first kappa shape index (κ1) is 21.6. The number of aromatic nitrogens is 2. The van der Waals surface area contributed by atoms with Gasteiger partial charge in [0.2, 0.25) is 0 Å². The van der Waals surface area contributed by atoms with Crippen molar-refractivity contribution in [3.05, 3.63) is 74.3 Å². The summed E-state index contributed by atoms with van der Waals surface area (Å²) in [6, 6.07) is 11.3. The molecule has 10 nitrogen and oxygen atoms in total. The second kappa shape index (κ2) is 9.61. The van der Waals surface area contributed by atoms with Crippen LogP contribution in [0.1, 0.15) is 24.2 Å². The van der Waals surface area contributed by atoms with Gasteiger partial charge in [-0.2, -0.15) is 0 Å². The van der Waals surface area contributed by atoms with Crippen LogP contribution in [-0.4, -0.2) is 33.4 Å². The molecule has 0 aliphatic rings. The van der Waals surface area contributed by atoms with Gasteiger partial charge in [-0.15, -0.1) is 0 Å². The van der Waals surface area contributed by atoms with Crippen molar-refractivity contribution < 1.29 is 19.2 Å². The maximum atomic E-state index is 12.0. The van der Waals surface area contributed by atoms with Crippen molar-refractivity contribution >= 4 is 34.2 Å². The average Bonchev–Trinajstić information content (AvgIpc) is 2.73. The van der Waals surface area contributed by atoms with E-state index in [1.54, 1.807) is 37.3 Å².